The van der Waals surface area contributed by atoms with E-state index in [2.05, 4.69) is 10.1 Å². The van der Waals surface area contributed by atoms with Crippen molar-refractivity contribution >= 4 is 11.8 Å². The van der Waals surface area contributed by atoms with Gasteiger partial charge in [0.05, 0.1) is 5.69 Å². The Balaban J connectivity index is 1.45. The zero-order chi connectivity index (χ0) is 20.4. The summed E-state index contributed by atoms with van der Waals surface area (Å²) in [7, 11) is 0. The van der Waals surface area contributed by atoms with Crippen molar-refractivity contribution in [2.45, 2.75) is 46.0 Å². The number of aryl methyl sites for hydroxylation is 2. The van der Waals surface area contributed by atoms with E-state index in [4.69, 9.17) is 4.52 Å². The molecule has 2 aliphatic heterocycles. The molecule has 7 nitrogen and oxygen atoms in total. The highest BCUT2D eigenvalue weighted by atomic mass is 16.5. The van der Waals surface area contributed by atoms with Gasteiger partial charge in [-0.3, -0.25) is 14.6 Å². The number of aromatic nitrogens is 2. The van der Waals surface area contributed by atoms with Gasteiger partial charge in [-0.2, -0.15) is 0 Å². The summed E-state index contributed by atoms with van der Waals surface area (Å²) in [6, 6.07) is 5.87. The minimum Gasteiger partial charge on any atom is -0.361 e. The van der Waals surface area contributed by atoms with E-state index in [-0.39, 0.29) is 17.2 Å². The highest BCUT2D eigenvalue weighted by Gasteiger charge is 2.43. The Morgan fingerprint density at radius 3 is 2.83 bits per heavy atom. The summed E-state index contributed by atoms with van der Waals surface area (Å²) >= 11 is 0. The van der Waals surface area contributed by atoms with Crippen LogP contribution in [0.15, 0.2) is 28.9 Å². The molecule has 4 rings (SSSR count). The van der Waals surface area contributed by atoms with E-state index in [9.17, 15) is 9.59 Å². The summed E-state index contributed by atoms with van der Waals surface area (Å²) in [5.41, 5.74) is 2.20. The number of hydrogen-bond donors (Lipinski definition) is 0. The molecule has 2 aliphatic rings. The van der Waals surface area contributed by atoms with Gasteiger partial charge in [0.1, 0.15) is 11.3 Å². The van der Waals surface area contributed by atoms with Gasteiger partial charge in [0, 0.05) is 56.3 Å². The zero-order valence-electron chi connectivity index (χ0n) is 17.2. The van der Waals surface area contributed by atoms with E-state index in [1.54, 1.807) is 13.1 Å². The van der Waals surface area contributed by atoms with Crippen LogP contribution in [0.5, 0.6) is 0 Å². The second-order valence-corrected chi connectivity index (χ2v) is 8.42. The second-order valence-electron chi connectivity index (χ2n) is 8.42. The van der Waals surface area contributed by atoms with Crippen molar-refractivity contribution in [1.29, 1.82) is 0 Å². The molecule has 0 radical (unpaired) electrons. The third-order valence-electron chi connectivity index (χ3n) is 6.31. The summed E-state index contributed by atoms with van der Waals surface area (Å²) in [5.74, 6) is 0.779. The van der Waals surface area contributed by atoms with Crippen molar-refractivity contribution in [2.24, 2.45) is 5.41 Å². The first kappa shape index (κ1) is 19.6. The van der Waals surface area contributed by atoms with Gasteiger partial charge in [-0.15, -0.1) is 0 Å². The van der Waals surface area contributed by atoms with Crippen molar-refractivity contribution in [2.75, 3.05) is 26.2 Å². The van der Waals surface area contributed by atoms with E-state index in [1.165, 1.54) is 0 Å². The Labute approximate surface area is 171 Å². The Hall–Kier alpha value is -2.70. The molecular weight excluding hydrogens is 368 g/mol. The SMILES string of the molecule is Cc1noc(C)c1C(=O)N1CCC[C@@]2(CCC(=O)N(CCc3ccccn3)C2)C1. The molecule has 7 heteroatoms. The molecule has 2 aromatic rings. The number of hydrogen-bond acceptors (Lipinski definition) is 5. The Morgan fingerprint density at radius 2 is 2.10 bits per heavy atom. The molecule has 2 fully saturated rings. The fourth-order valence-electron chi connectivity index (χ4n) is 4.76. The molecule has 0 aliphatic carbocycles. The lowest BCUT2D eigenvalue weighted by Gasteiger charge is -2.48. The van der Waals surface area contributed by atoms with E-state index in [0.29, 0.717) is 43.1 Å². The van der Waals surface area contributed by atoms with Gasteiger partial charge in [-0.05, 0) is 45.2 Å². The average Bonchev–Trinajstić information content (AvgIpc) is 3.07. The van der Waals surface area contributed by atoms with Crippen LogP contribution in [0.4, 0.5) is 0 Å². The van der Waals surface area contributed by atoms with Crippen molar-refractivity contribution < 1.29 is 14.1 Å². The number of nitrogens with zero attached hydrogens (tertiary/aromatic N) is 4. The molecule has 4 heterocycles. The molecule has 0 aromatic carbocycles. The lowest BCUT2D eigenvalue weighted by Crippen LogP contribution is -2.55. The van der Waals surface area contributed by atoms with E-state index >= 15 is 0 Å². The van der Waals surface area contributed by atoms with Gasteiger partial charge in [0.25, 0.3) is 5.91 Å². The lowest BCUT2D eigenvalue weighted by molar-refractivity contribution is -0.138. The molecule has 2 aromatic heterocycles. The topological polar surface area (TPSA) is 79.5 Å². The third-order valence-corrected chi connectivity index (χ3v) is 6.31. The molecule has 1 spiro atoms. The Morgan fingerprint density at radius 1 is 1.24 bits per heavy atom. The maximum Gasteiger partial charge on any atom is 0.259 e. The molecule has 0 unspecified atom stereocenters. The molecule has 29 heavy (non-hydrogen) atoms. The Bertz CT molecular complexity index is 875. The van der Waals surface area contributed by atoms with E-state index < -0.39 is 0 Å². The molecule has 2 amide bonds. The highest BCUT2D eigenvalue weighted by molar-refractivity contribution is 5.96. The molecule has 0 bridgehead atoms. The van der Waals surface area contributed by atoms with Crippen LogP contribution in [0.3, 0.4) is 0 Å². The first-order chi connectivity index (χ1) is 14.0. The van der Waals surface area contributed by atoms with Crippen molar-refractivity contribution in [3.63, 3.8) is 0 Å². The molecule has 0 N–H and O–H groups in total. The van der Waals surface area contributed by atoms with Crippen LogP contribution in [0, 0.1) is 19.3 Å². The number of pyridine rings is 1. The summed E-state index contributed by atoms with van der Waals surface area (Å²) in [4.78, 5) is 33.9. The highest BCUT2D eigenvalue weighted by Crippen LogP contribution is 2.39. The predicted octanol–water partition coefficient (Wildman–Crippen LogP) is 2.77. The molecule has 0 saturated carbocycles. The fourth-order valence-corrected chi connectivity index (χ4v) is 4.76. The predicted molar refractivity (Wildman–Crippen MR) is 107 cm³/mol. The molecule has 1 atom stereocenters. The van der Waals surface area contributed by atoms with Gasteiger partial charge < -0.3 is 14.3 Å². The van der Waals surface area contributed by atoms with Crippen molar-refractivity contribution in [1.82, 2.24) is 19.9 Å². The number of amides is 2. The summed E-state index contributed by atoms with van der Waals surface area (Å²) in [6.07, 6.45) is 5.94. The van der Waals surface area contributed by atoms with Gasteiger partial charge in [0.2, 0.25) is 5.91 Å². The van der Waals surface area contributed by atoms with E-state index in [1.807, 2.05) is 34.9 Å². The Kier molecular flexibility index (Phi) is 5.39. The smallest absolute Gasteiger partial charge is 0.259 e. The summed E-state index contributed by atoms with van der Waals surface area (Å²) in [5, 5.41) is 3.93. The monoisotopic (exact) mass is 396 g/mol. The van der Waals surface area contributed by atoms with E-state index in [0.717, 1.165) is 37.9 Å². The number of likely N-dealkylation sites (tertiary alicyclic amines) is 2. The van der Waals surface area contributed by atoms with Gasteiger partial charge >= 0.3 is 0 Å². The fraction of sp³-hybridized carbons (Fsp3) is 0.545. The van der Waals surface area contributed by atoms with Gasteiger partial charge in [0.15, 0.2) is 0 Å². The quantitative estimate of drug-likeness (QED) is 0.794. The van der Waals surface area contributed by atoms with Crippen molar-refractivity contribution in [3.05, 3.63) is 47.1 Å². The maximum absolute atomic E-state index is 13.1. The van der Waals surface area contributed by atoms with Crippen LogP contribution in [0.1, 0.15) is 53.2 Å². The zero-order valence-corrected chi connectivity index (χ0v) is 17.2. The second kappa shape index (κ2) is 7.97. The summed E-state index contributed by atoms with van der Waals surface area (Å²) in [6.45, 7) is 6.41. The normalized spacial score (nSPS) is 22.3. The number of piperidine rings is 2. The standard InChI is InChI=1S/C22H28N4O3/c1-16-20(17(2)29-24-16)21(28)26-12-5-9-22(15-26)10-7-19(27)25(14-22)13-8-18-6-3-4-11-23-18/h3-4,6,11H,5,7-10,12-15H2,1-2H3/t22-/m0/s1. The number of carbonyl (C=O) groups excluding carboxylic acids is 2. The number of carbonyl (C=O) groups is 2. The minimum absolute atomic E-state index is 0.00254. The van der Waals surface area contributed by atoms with Crippen LogP contribution in [-0.4, -0.2) is 57.9 Å². The first-order valence-corrected chi connectivity index (χ1v) is 10.4. The van der Waals surface area contributed by atoms with Crippen LogP contribution in [0.25, 0.3) is 0 Å². The van der Waals surface area contributed by atoms with Crippen LogP contribution in [0.2, 0.25) is 0 Å². The molecule has 154 valence electrons. The van der Waals surface area contributed by atoms with Crippen LogP contribution >= 0.6 is 0 Å². The van der Waals surface area contributed by atoms with Gasteiger partial charge in [-0.25, -0.2) is 0 Å². The lowest BCUT2D eigenvalue weighted by atomic mass is 9.73. The third kappa shape index (κ3) is 4.04. The van der Waals surface area contributed by atoms with Crippen molar-refractivity contribution in [3.8, 4) is 0 Å². The first-order valence-electron chi connectivity index (χ1n) is 10.4. The average molecular weight is 396 g/mol. The molecular formula is C22H28N4O3. The minimum atomic E-state index is -0.0229. The van der Waals surface area contributed by atoms with Crippen LogP contribution < -0.4 is 0 Å². The van der Waals surface area contributed by atoms with Crippen LogP contribution in [-0.2, 0) is 11.2 Å². The molecule has 2 saturated heterocycles. The maximum atomic E-state index is 13.1. The largest absolute Gasteiger partial charge is 0.361 e. The number of rotatable bonds is 4. The van der Waals surface area contributed by atoms with Gasteiger partial charge in [-0.1, -0.05) is 11.2 Å². The summed E-state index contributed by atoms with van der Waals surface area (Å²) < 4.78 is 5.19.